The molecule has 29 heavy (non-hydrogen) atoms. The number of pyridine rings is 1. The third-order valence-corrected chi connectivity index (χ3v) is 4.81. The van der Waals surface area contributed by atoms with E-state index >= 15 is 0 Å². The Hall–Kier alpha value is -3.65. The number of nitrogens with one attached hydrogen (secondary N) is 2. The summed E-state index contributed by atoms with van der Waals surface area (Å²) in [6, 6.07) is 13.4. The van der Waals surface area contributed by atoms with Crippen molar-refractivity contribution in [2.45, 2.75) is 0 Å². The van der Waals surface area contributed by atoms with Crippen LogP contribution in [0.2, 0.25) is 0 Å². The molecule has 0 atom stereocenters. The number of thiazole rings is 1. The van der Waals surface area contributed by atoms with Gasteiger partial charge in [-0.05, 0) is 54.6 Å². The molecule has 4 aromatic rings. The number of amides is 1. The fourth-order valence-corrected chi connectivity index (χ4v) is 3.36. The first-order valence-electron chi connectivity index (χ1n) is 8.58. The number of rotatable bonds is 5. The highest BCUT2D eigenvalue weighted by Gasteiger charge is 2.13. The number of halogens is 2. The van der Waals surface area contributed by atoms with Gasteiger partial charge in [0, 0.05) is 34.7 Å². The standard InChI is InChI=1S/C21H14F2N4OS/c22-14-1-6-18(23)17(11-14)20(28)25-15-2-4-16(5-3-15)26-21-27-19(12-29-21)13-7-9-24-10-8-13/h1-12H,(H,25,28)(H,26,27). The number of benzene rings is 2. The first-order valence-corrected chi connectivity index (χ1v) is 9.46. The van der Waals surface area contributed by atoms with Gasteiger partial charge in [0.1, 0.15) is 11.6 Å². The molecular formula is C21H14F2N4OS. The monoisotopic (exact) mass is 408 g/mol. The fourth-order valence-electron chi connectivity index (χ4n) is 2.62. The average molecular weight is 408 g/mol. The summed E-state index contributed by atoms with van der Waals surface area (Å²) >= 11 is 1.46. The molecule has 0 saturated heterocycles. The van der Waals surface area contributed by atoms with Gasteiger partial charge >= 0.3 is 0 Å². The van der Waals surface area contributed by atoms with Crippen molar-refractivity contribution in [3.05, 3.63) is 89.6 Å². The van der Waals surface area contributed by atoms with Crippen LogP contribution in [0.5, 0.6) is 0 Å². The minimum absolute atomic E-state index is 0.348. The van der Waals surface area contributed by atoms with Crippen molar-refractivity contribution in [1.29, 1.82) is 0 Å². The minimum atomic E-state index is -0.782. The lowest BCUT2D eigenvalue weighted by atomic mass is 10.2. The van der Waals surface area contributed by atoms with Gasteiger partial charge in [-0.3, -0.25) is 9.78 Å². The summed E-state index contributed by atoms with van der Waals surface area (Å²) in [6.07, 6.45) is 3.43. The second-order valence-corrected chi connectivity index (χ2v) is 6.91. The van der Waals surface area contributed by atoms with E-state index in [1.807, 2.05) is 17.5 Å². The highest BCUT2D eigenvalue weighted by Crippen LogP contribution is 2.27. The summed E-state index contributed by atoms with van der Waals surface area (Å²) in [5.74, 6) is -2.17. The number of hydrogen-bond acceptors (Lipinski definition) is 5. The maximum Gasteiger partial charge on any atom is 0.258 e. The molecule has 0 aliphatic carbocycles. The second-order valence-electron chi connectivity index (χ2n) is 6.05. The number of aromatic nitrogens is 2. The molecule has 2 aromatic carbocycles. The quantitative estimate of drug-likeness (QED) is 0.459. The smallest absolute Gasteiger partial charge is 0.258 e. The van der Waals surface area contributed by atoms with Crippen LogP contribution >= 0.6 is 11.3 Å². The van der Waals surface area contributed by atoms with E-state index in [0.29, 0.717) is 5.69 Å². The lowest BCUT2D eigenvalue weighted by Gasteiger charge is -2.08. The summed E-state index contributed by atoms with van der Waals surface area (Å²) in [5, 5.41) is 8.41. The fraction of sp³-hybridized carbons (Fsp3) is 0. The van der Waals surface area contributed by atoms with Crippen molar-refractivity contribution in [2.24, 2.45) is 0 Å². The van der Waals surface area contributed by atoms with Crippen molar-refractivity contribution >= 4 is 33.8 Å². The van der Waals surface area contributed by atoms with E-state index in [2.05, 4.69) is 20.6 Å². The zero-order valence-corrected chi connectivity index (χ0v) is 15.7. The van der Waals surface area contributed by atoms with Crippen LogP contribution in [0, 0.1) is 11.6 Å². The molecule has 144 valence electrons. The Morgan fingerprint density at radius 3 is 2.41 bits per heavy atom. The van der Waals surface area contributed by atoms with Crippen molar-refractivity contribution in [2.75, 3.05) is 10.6 Å². The predicted molar refractivity (Wildman–Crippen MR) is 109 cm³/mol. The Morgan fingerprint density at radius 2 is 1.66 bits per heavy atom. The summed E-state index contributed by atoms with van der Waals surface area (Å²) in [6.45, 7) is 0. The number of nitrogens with zero attached hydrogens (tertiary/aromatic N) is 2. The molecule has 2 heterocycles. The Labute approximate surface area is 169 Å². The van der Waals surface area contributed by atoms with Crippen LogP contribution in [0.25, 0.3) is 11.3 Å². The lowest BCUT2D eigenvalue weighted by Crippen LogP contribution is -2.14. The Kier molecular flexibility index (Phi) is 5.26. The maximum atomic E-state index is 13.7. The molecule has 0 aliphatic rings. The van der Waals surface area contributed by atoms with Crippen molar-refractivity contribution in [3.63, 3.8) is 0 Å². The number of anilines is 3. The summed E-state index contributed by atoms with van der Waals surface area (Å²) in [4.78, 5) is 20.7. The van der Waals surface area contributed by atoms with Gasteiger partial charge < -0.3 is 10.6 Å². The van der Waals surface area contributed by atoms with Crippen molar-refractivity contribution in [1.82, 2.24) is 9.97 Å². The third-order valence-electron chi connectivity index (χ3n) is 4.05. The summed E-state index contributed by atoms with van der Waals surface area (Å²) in [7, 11) is 0. The van der Waals surface area contributed by atoms with Gasteiger partial charge in [-0.15, -0.1) is 11.3 Å². The van der Waals surface area contributed by atoms with Crippen LogP contribution in [0.4, 0.5) is 25.3 Å². The summed E-state index contributed by atoms with van der Waals surface area (Å²) in [5.41, 5.74) is 2.71. The molecule has 0 saturated carbocycles. The van der Waals surface area contributed by atoms with Crippen molar-refractivity contribution in [3.8, 4) is 11.3 Å². The molecule has 0 bridgehead atoms. The van der Waals surface area contributed by atoms with Crippen LogP contribution in [0.3, 0.4) is 0 Å². The van der Waals surface area contributed by atoms with Gasteiger partial charge in [-0.1, -0.05) is 0 Å². The molecular weight excluding hydrogens is 394 g/mol. The molecule has 0 aliphatic heterocycles. The number of carbonyl (C=O) groups is 1. The lowest BCUT2D eigenvalue weighted by molar-refractivity contribution is 0.102. The Morgan fingerprint density at radius 1 is 0.931 bits per heavy atom. The molecule has 2 aromatic heterocycles. The second kappa shape index (κ2) is 8.15. The van der Waals surface area contributed by atoms with E-state index < -0.39 is 17.5 Å². The Balaban J connectivity index is 1.43. The van der Waals surface area contributed by atoms with E-state index in [4.69, 9.17) is 0 Å². The minimum Gasteiger partial charge on any atom is -0.332 e. The van der Waals surface area contributed by atoms with E-state index in [1.165, 1.54) is 11.3 Å². The predicted octanol–water partition coefficient (Wildman–Crippen LogP) is 5.48. The van der Waals surface area contributed by atoms with E-state index in [9.17, 15) is 13.6 Å². The largest absolute Gasteiger partial charge is 0.332 e. The molecule has 2 N–H and O–H groups in total. The van der Waals surface area contributed by atoms with Gasteiger partial charge in [-0.25, -0.2) is 13.8 Å². The highest BCUT2D eigenvalue weighted by atomic mass is 32.1. The molecule has 0 fully saturated rings. The van der Waals surface area contributed by atoms with Crippen LogP contribution in [0.15, 0.2) is 72.4 Å². The van der Waals surface area contributed by atoms with Gasteiger partial charge in [0.25, 0.3) is 5.91 Å². The van der Waals surface area contributed by atoms with Crippen LogP contribution in [-0.4, -0.2) is 15.9 Å². The first-order chi connectivity index (χ1) is 14.1. The van der Waals surface area contributed by atoms with E-state index in [-0.39, 0.29) is 5.56 Å². The normalized spacial score (nSPS) is 10.6. The SMILES string of the molecule is O=C(Nc1ccc(Nc2nc(-c3ccncc3)cs2)cc1)c1cc(F)ccc1F. The summed E-state index contributed by atoms with van der Waals surface area (Å²) < 4.78 is 27.0. The zero-order chi connectivity index (χ0) is 20.2. The zero-order valence-electron chi connectivity index (χ0n) is 14.9. The molecule has 5 nitrogen and oxygen atoms in total. The first kappa shape index (κ1) is 18.7. The number of carbonyl (C=O) groups excluding carboxylic acids is 1. The van der Waals surface area contributed by atoms with Crippen molar-refractivity contribution < 1.29 is 13.6 Å². The van der Waals surface area contributed by atoms with Gasteiger partial charge in [0.15, 0.2) is 5.13 Å². The van der Waals surface area contributed by atoms with Gasteiger partial charge in [0.2, 0.25) is 0 Å². The molecule has 8 heteroatoms. The van der Waals surface area contributed by atoms with E-state index in [1.54, 1.807) is 36.7 Å². The van der Waals surface area contributed by atoms with Gasteiger partial charge in [-0.2, -0.15) is 0 Å². The number of hydrogen-bond donors (Lipinski definition) is 2. The third kappa shape index (κ3) is 4.44. The molecule has 4 rings (SSSR count). The highest BCUT2D eigenvalue weighted by molar-refractivity contribution is 7.14. The molecule has 0 radical (unpaired) electrons. The maximum absolute atomic E-state index is 13.7. The Bertz CT molecular complexity index is 1150. The van der Waals surface area contributed by atoms with Crippen LogP contribution in [-0.2, 0) is 0 Å². The molecule has 0 unspecified atom stereocenters. The van der Waals surface area contributed by atoms with Crippen LogP contribution < -0.4 is 10.6 Å². The van der Waals surface area contributed by atoms with Gasteiger partial charge in [0.05, 0.1) is 11.3 Å². The molecule has 0 spiro atoms. The van der Waals surface area contributed by atoms with E-state index in [0.717, 1.165) is 40.3 Å². The average Bonchev–Trinajstić information content (AvgIpc) is 3.20. The topological polar surface area (TPSA) is 66.9 Å². The molecule has 1 amide bonds. The van der Waals surface area contributed by atoms with Crippen LogP contribution in [0.1, 0.15) is 10.4 Å².